The lowest BCUT2D eigenvalue weighted by Crippen LogP contribution is -2.37. The minimum Gasteiger partial charge on any atom is -0.508 e. The number of aromatic hydroxyl groups is 1. The number of likely N-dealkylation sites (tertiary alicyclic amines) is 1. The molecule has 1 saturated heterocycles. The molecule has 0 spiro atoms. The Morgan fingerprint density at radius 3 is 2.45 bits per heavy atom. The van der Waals surface area contributed by atoms with E-state index in [4.69, 9.17) is 4.74 Å². The van der Waals surface area contributed by atoms with Crippen LogP contribution >= 0.6 is 0 Å². The lowest BCUT2D eigenvalue weighted by molar-refractivity contribution is -0.151. The number of benzene rings is 1. The van der Waals surface area contributed by atoms with Gasteiger partial charge in [0.25, 0.3) is 5.91 Å². The Morgan fingerprint density at radius 2 is 1.77 bits per heavy atom. The Balaban J connectivity index is 1.76. The summed E-state index contributed by atoms with van der Waals surface area (Å²) in [6.07, 6.45) is 5.64. The number of carbonyl (C=O) groups is 2. The van der Waals surface area contributed by atoms with E-state index in [1.807, 2.05) is 0 Å². The second kappa shape index (κ2) is 8.41. The number of phenols is 1. The molecule has 0 aliphatic carbocycles. The largest absolute Gasteiger partial charge is 0.508 e. The highest BCUT2D eigenvalue weighted by Crippen LogP contribution is 2.12. The van der Waals surface area contributed by atoms with E-state index >= 15 is 0 Å². The highest BCUT2D eigenvalue weighted by molar-refractivity contribution is 5.81. The Bertz CT molecular complexity index is 507. The molecule has 1 amide bonds. The molecule has 1 aromatic carbocycles. The smallest absolute Gasteiger partial charge is 0.310 e. The number of amides is 1. The Labute approximate surface area is 130 Å². The van der Waals surface area contributed by atoms with E-state index in [1.165, 1.54) is 12.5 Å². The summed E-state index contributed by atoms with van der Waals surface area (Å²) in [7, 11) is 0. The molecule has 0 unspecified atom stereocenters. The lowest BCUT2D eigenvalue weighted by atomic mass is 10.1. The maximum absolute atomic E-state index is 12.1. The minimum atomic E-state index is -0.453. The summed E-state index contributed by atoms with van der Waals surface area (Å²) in [4.78, 5) is 25.6. The molecule has 1 N–H and O–H groups in total. The quantitative estimate of drug-likeness (QED) is 0.867. The van der Waals surface area contributed by atoms with E-state index in [2.05, 4.69) is 0 Å². The van der Waals surface area contributed by atoms with Crippen LogP contribution in [0.25, 0.3) is 0 Å². The van der Waals surface area contributed by atoms with Gasteiger partial charge in [-0.3, -0.25) is 9.59 Å². The zero-order valence-corrected chi connectivity index (χ0v) is 12.8. The first-order valence-electron chi connectivity index (χ1n) is 7.86. The molecule has 1 aromatic rings. The predicted octanol–water partition coefficient (Wildman–Crippen LogP) is 2.27. The first kappa shape index (κ1) is 16.3. The predicted molar refractivity (Wildman–Crippen MR) is 82.4 cm³/mol. The number of carbonyl (C=O) groups excluding carboxylic acids is 2. The number of nitrogens with zero attached hydrogens (tertiary/aromatic N) is 1. The van der Waals surface area contributed by atoms with Crippen molar-refractivity contribution in [3.05, 3.63) is 29.8 Å². The fourth-order valence-corrected chi connectivity index (χ4v) is 2.61. The average molecular weight is 305 g/mol. The van der Waals surface area contributed by atoms with Gasteiger partial charge in [-0.1, -0.05) is 31.4 Å². The average Bonchev–Trinajstić information content (AvgIpc) is 2.44. The molecule has 1 aliphatic rings. The second-order valence-corrected chi connectivity index (χ2v) is 5.66. The minimum absolute atomic E-state index is 0.0572. The standard InChI is InChI=1S/C17H23NO4/c19-15-8-6-7-14(11-15)12-17(21)22-13-16(20)18-9-4-2-1-3-5-10-18/h6-8,11,19H,1-5,9-10,12-13H2. The zero-order valence-electron chi connectivity index (χ0n) is 12.8. The van der Waals surface area contributed by atoms with E-state index in [-0.39, 0.29) is 24.7 Å². The molecule has 1 aliphatic heterocycles. The van der Waals surface area contributed by atoms with Crippen molar-refractivity contribution in [3.8, 4) is 5.75 Å². The van der Waals surface area contributed by atoms with Gasteiger partial charge in [-0.05, 0) is 30.5 Å². The third-order valence-corrected chi connectivity index (χ3v) is 3.82. The van der Waals surface area contributed by atoms with Crippen LogP contribution in [-0.4, -0.2) is 41.6 Å². The zero-order chi connectivity index (χ0) is 15.8. The van der Waals surface area contributed by atoms with Crippen molar-refractivity contribution < 1.29 is 19.4 Å². The first-order chi connectivity index (χ1) is 10.6. The molecule has 2 rings (SSSR count). The summed E-state index contributed by atoms with van der Waals surface area (Å²) in [5.41, 5.74) is 0.670. The van der Waals surface area contributed by atoms with Gasteiger partial charge < -0.3 is 14.7 Å². The molecule has 1 fully saturated rings. The third-order valence-electron chi connectivity index (χ3n) is 3.82. The number of hydrogen-bond acceptors (Lipinski definition) is 4. The highest BCUT2D eigenvalue weighted by Gasteiger charge is 2.16. The van der Waals surface area contributed by atoms with Crippen molar-refractivity contribution in [1.82, 2.24) is 4.90 Å². The monoisotopic (exact) mass is 305 g/mol. The molecule has 1 heterocycles. The summed E-state index contributed by atoms with van der Waals surface area (Å²) in [6, 6.07) is 6.46. The number of phenolic OH excluding ortho intramolecular Hbond substituents is 1. The number of rotatable bonds is 4. The van der Waals surface area contributed by atoms with Crippen molar-refractivity contribution >= 4 is 11.9 Å². The van der Waals surface area contributed by atoms with Gasteiger partial charge in [-0.25, -0.2) is 0 Å². The van der Waals surface area contributed by atoms with Gasteiger partial charge in [0.05, 0.1) is 6.42 Å². The van der Waals surface area contributed by atoms with Crippen LogP contribution in [0.4, 0.5) is 0 Å². The molecule has 0 radical (unpaired) electrons. The maximum atomic E-state index is 12.1. The van der Waals surface area contributed by atoms with Crippen LogP contribution in [0.15, 0.2) is 24.3 Å². The van der Waals surface area contributed by atoms with Gasteiger partial charge in [0.15, 0.2) is 6.61 Å². The number of esters is 1. The highest BCUT2D eigenvalue weighted by atomic mass is 16.5. The van der Waals surface area contributed by atoms with Gasteiger partial charge in [0, 0.05) is 13.1 Å². The molecule has 120 valence electrons. The summed E-state index contributed by atoms with van der Waals surface area (Å²) in [5.74, 6) is -0.459. The van der Waals surface area contributed by atoms with Crippen molar-refractivity contribution in [2.75, 3.05) is 19.7 Å². The number of hydrogen-bond donors (Lipinski definition) is 1. The van der Waals surface area contributed by atoms with Crippen molar-refractivity contribution in [3.63, 3.8) is 0 Å². The summed E-state index contributed by atoms with van der Waals surface area (Å²) in [6.45, 7) is 1.31. The van der Waals surface area contributed by atoms with Crippen LogP contribution in [0.2, 0.25) is 0 Å². The molecule has 0 aromatic heterocycles. The Hall–Kier alpha value is -2.04. The Morgan fingerprint density at radius 1 is 1.09 bits per heavy atom. The SMILES string of the molecule is O=C(Cc1cccc(O)c1)OCC(=O)N1CCCCCCC1. The van der Waals surface area contributed by atoms with Crippen LogP contribution in [0.1, 0.15) is 37.7 Å². The van der Waals surface area contributed by atoms with E-state index in [0.29, 0.717) is 5.56 Å². The summed E-state index contributed by atoms with van der Waals surface area (Å²) >= 11 is 0. The van der Waals surface area contributed by atoms with Gasteiger partial charge in [0.2, 0.25) is 0 Å². The van der Waals surface area contributed by atoms with E-state index in [9.17, 15) is 14.7 Å². The normalized spacial score (nSPS) is 15.7. The van der Waals surface area contributed by atoms with E-state index < -0.39 is 5.97 Å². The fraction of sp³-hybridized carbons (Fsp3) is 0.529. The summed E-state index contributed by atoms with van der Waals surface area (Å²) in [5, 5.41) is 9.35. The molecule has 22 heavy (non-hydrogen) atoms. The van der Waals surface area contributed by atoms with Crippen LogP contribution < -0.4 is 0 Å². The molecule has 5 nitrogen and oxygen atoms in total. The lowest BCUT2D eigenvalue weighted by Gasteiger charge is -2.24. The van der Waals surface area contributed by atoms with Crippen LogP contribution in [-0.2, 0) is 20.7 Å². The van der Waals surface area contributed by atoms with Crippen molar-refractivity contribution in [2.24, 2.45) is 0 Å². The van der Waals surface area contributed by atoms with Gasteiger partial charge >= 0.3 is 5.97 Å². The molecule has 5 heteroatoms. The van der Waals surface area contributed by atoms with Crippen LogP contribution in [0.3, 0.4) is 0 Å². The first-order valence-corrected chi connectivity index (χ1v) is 7.86. The third kappa shape index (κ3) is 5.39. The van der Waals surface area contributed by atoms with Crippen LogP contribution in [0, 0.1) is 0 Å². The molecule has 0 saturated carbocycles. The van der Waals surface area contributed by atoms with Gasteiger partial charge in [-0.2, -0.15) is 0 Å². The van der Waals surface area contributed by atoms with Crippen molar-refractivity contribution in [2.45, 2.75) is 38.5 Å². The Kier molecular flexibility index (Phi) is 6.25. The number of ether oxygens (including phenoxy) is 1. The van der Waals surface area contributed by atoms with Crippen molar-refractivity contribution in [1.29, 1.82) is 0 Å². The summed E-state index contributed by atoms with van der Waals surface area (Å²) < 4.78 is 5.06. The molecular weight excluding hydrogens is 282 g/mol. The fourth-order valence-electron chi connectivity index (χ4n) is 2.61. The van der Waals surface area contributed by atoms with Crippen LogP contribution in [0.5, 0.6) is 5.75 Å². The second-order valence-electron chi connectivity index (χ2n) is 5.66. The molecule has 0 bridgehead atoms. The molecule has 0 atom stereocenters. The van der Waals surface area contributed by atoms with Gasteiger partial charge in [-0.15, -0.1) is 0 Å². The van der Waals surface area contributed by atoms with E-state index in [1.54, 1.807) is 23.1 Å². The van der Waals surface area contributed by atoms with Gasteiger partial charge in [0.1, 0.15) is 5.75 Å². The molecular formula is C17H23NO4. The maximum Gasteiger partial charge on any atom is 0.310 e. The van der Waals surface area contributed by atoms with E-state index in [0.717, 1.165) is 38.8 Å². The topological polar surface area (TPSA) is 66.8 Å².